The summed E-state index contributed by atoms with van der Waals surface area (Å²) in [6.45, 7) is 2.02. The van der Waals surface area contributed by atoms with E-state index in [4.69, 9.17) is 5.73 Å². The molecule has 0 unspecified atom stereocenters. The van der Waals surface area contributed by atoms with Crippen LogP contribution in [-0.4, -0.2) is 31.6 Å². The fourth-order valence-corrected chi connectivity index (χ4v) is 0.779. The fraction of sp³-hybridized carbons (Fsp3) is 0.750. The van der Waals surface area contributed by atoms with E-state index in [2.05, 4.69) is 10.1 Å². The number of hydrogen-bond acceptors (Lipinski definition) is 4. The largest absolute Gasteiger partial charge is 0.465 e. The number of rotatable bonds is 5. The van der Waals surface area contributed by atoms with Crippen LogP contribution < -0.4 is 11.1 Å². The van der Waals surface area contributed by atoms with Gasteiger partial charge >= 0.3 is 5.97 Å². The maximum atomic E-state index is 11.0. The number of carbonyl (C=O) groups excluding carboxylic acids is 2. The third-order valence-corrected chi connectivity index (χ3v) is 1.55. The van der Waals surface area contributed by atoms with Gasteiger partial charge in [-0.1, -0.05) is 0 Å². The Bertz CT molecular complexity index is 187. The van der Waals surface area contributed by atoms with Gasteiger partial charge in [0, 0.05) is 13.5 Å². The molecule has 0 aliphatic rings. The van der Waals surface area contributed by atoms with Crippen LogP contribution in [0.25, 0.3) is 0 Å². The molecule has 0 radical (unpaired) electrons. The molecule has 0 aliphatic carbocycles. The first-order chi connectivity index (χ1) is 6.11. The van der Waals surface area contributed by atoms with Crippen LogP contribution in [0.15, 0.2) is 0 Å². The Kier molecular flexibility index (Phi) is 9.81. The van der Waals surface area contributed by atoms with Crippen molar-refractivity contribution in [2.45, 2.75) is 25.8 Å². The average molecular weight is 225 g/mol. The monoisotopic (exact) mass is 224 g/mol. The first-order valence-corrected chi connectivity index (χ1v) is 4.24. The Balaban J connectivity index is 0. The van der Waals surface area contributed by atoms with Crippen molar-refractivity contribution in [1.82, 2.24) is 5.32 Å². The predicted octanol–water partition coefficient (Wildman–Crippen LogP) is -0.175. The van der Waals surface area contributed by atoms with E-state index in [-0.39, 0.29) is 24.7 Å². The van der Waals surface area contributed by atoms with Crippen LogP contribution in [0.4, 0.5) is 0 Å². The number of halogens is 1. The molecule has 0 spiro atoms. The van der Waals surface area contributed by atoms with Crippen molar-refractivity contribution in [1.29, 1.82) is 0 Å². The van der Waals surface area contributed by atoms with E-state index >= 15 is 0 Å². The lowest BCUT2D eigenvalue weighted by Crippen LogP contribution is -2.33. The zero-order valence-corrected chi connectivity index (χ0v) is 9.23. The summed E-state index contributed by atoms with van der Waals surface area (Å²) in [5, 5.41) is 2.44. The predicted molar refractivity (Wildman–Crippen MR) is 55.2 cm³/mol. The first kappa shape index (κ1) is 15.7. The molecule has 14 heavy (non-hydrogen) atoms. The summed E-state index contributed by atoms with van der Waals surface area (Å²) in [6, 6.07) is -0.697. The van der Waals surface area contributed by atoms with Crippen LogP contribution in [0.2, 0.25) is 0 Å². The molecule has 0 saturated heterocycles. The van der Waals surface area contributed by atoms with E-state index in [9.17, 15) is 9.59 Å². The number of hydrogen-bond donors (Lipinski definition) is 2. The maximum absolute atomic E-state index is 11.0. The van der Waals surface area contributed by atoms with Crippen LogP contribution in [0.1, 0.15) is 19.8 Å². The molecule has 84 valence electrons. The summed E-state index contributed by atoms with van der Waals surface area (Å²) in [6.07, 6.45) is 0.564. The number of esters is 1. The zero-order valence-electron chi connectivity index (χ0n) is 8.41. The molecule has 3 N–H and O–H groups in total. The maximum Gasteiger partial charge on any atom is 0.322 e. The Hall–Kier alpha value is -0.810. The molecule has 1 atom stereocenters. The lowest BCUT2D eigenvalue weighted by molar-refractivity contribution is -0.144. The van der Waals surface area contributed by atoms with Crippen molar-refractivity contribution < 1.29 is 14.3 Å². The average Bonchev–Trinajstić information content (AvgIpc) is 2.13. The van der Waals surface area contributed by atoms with Gasteiger partial charge in [0.2, 0.25) is 5.91 Å². The molecule has 0 heterocycles. The quantitative estimate of drug-likeness (QED) is 0.635. The van der Waals surface area contributed by atoms with Crippen molar-refractivity contribution in [3.05, 3.63) is 0 Å². The molecule has 0 fully saturated rings. The highest BCUT2D eigenvalue weighted by molar-refractivity contribution is 5.85. The van der Waals surface area contributed by atoms with Crippen LogP contribution in [0.3, 0.4) is 0 Å². The van der Waals surface area contributed by atoms with E-state index in [1.54, 1.807) is 6.92 Å². The minimum atomic E-state index is -0.697. The van der Waals surface area contributed by atoms with Gasteiger partial charge in [-0.2, -0.15) is 0 Å². The number of nitrogens with one attached hydrogen (secondary N) is 1. The first-order valence-electron chi connectivity index (χ1n) is 4.24. The second kappa shape index (κ2) is 8.77. The topological polar surface area (TPSA) is 81.4 Å². The highest BCUT2D eigenvalue weighted by Crippen LogP contribution is 1.96. The third-order valence-electron chi connectivity index (χ3n) is 1.55. The van der Waals surface area contributed by atoms with Gasteiger partial charge in [-0.25, -0.2) is 0 Å². The smallest absolute Gasteiger partial charge is 0.322 e. The molecule has 0 saturated carbocycles. The van der Waals surface area contributed by atoms with Gasteiger partial charge < -0.3 is 15.8 Å². The molecule has 1 amide bonds. The van der Waals surface area contributed by atoms with Crippen LogP contribution in [0, 0.1) is 0 Å². The van der Waals surface area contributed by atoms with Crippen molar-refractivity contribution >= 4 is 24.3 Å². The lowest BCUT2D eigenvalue weighted by Gasteiger charge is -2.09. The Morgan fingerprint density at radius 2 is 2.07 bits per heavy atom. The second-order valence-corrected chi connectivity index (χ2v) is 2.57. The van der Waals surface area contributed by atoms with E-state index in [1.165, 1.54) is 7.05 Å². The van der Waals surface area contributed by atoms with Gasteiger partial charge in [-0.05, 0) is 13.3 Å². The standard InChI is InChI=1S/C8H16N2O3.ClH/c1-3-13-8(12)6(9)4-5-7(11)10-2;/h6H,3-5,9H2,1-2H3,(H,10,11);1H/t6-;/m0./s1. The highest BCUT2D eigenvalue weighted by Gasteiger charge is 2.15. The highest BCUT2D eigenvalue weighted by atomic mass is 35.5. The van der Waals surface area contributed by atoms with Crippen LogP contribution in [0.5, 0.6) is 0 Å². The normalized spacial score (nSPS) is 11.1. The molecular formula is C8H17ClN2O3. The van der Waals surface area contributed by atoms with Crippen molar-refractivity contribution in [3.8, 4) is 0 Å². The van der Waals surface area contributed by atoms with Gasteiger partial charge in [-0.3, -0.25) is 9.59 Å². The summed E-state index contributed by atoms with van der Waals surface area (Å²) in [7, 11) is 1.54. The van der Waals surface area contributed by atoms with Crippen LogP contribution in [-0.2, 0) is 14.3 Å². The van der Waals surface area contributed by atoms with Crippen molar-refractivity contribution in [3.63, 3.8) is 0 Å². The van der Waals surface area contributed by atoms with E-state index in [1.807, 2.05) is 0 Å². The zero-order chi connectivity index (χ0) is 10.3. The molecule has 0 aromatic carbocycles. The Morgan fingerprint density at radius 3 is 2.50 bits per heavy atom. The summed E-state index contributed by atoms with van der Waals surface area (Å²) in [5.74, 6) is -0.578. The number of nitrogens with two attached hydrogens (primary N) is 1. The lowest BCUT2D eigenvalue weighted by atomic mass is 10.1. The summed E-state index contributed by atoms with van der Waals surface area (Å²) < 4.78 is 4.67. The molecule has 6 heteroatoms. The fourth-order valence-electron chi connectivity index (χ4n) is 0.779. The molecule has 0 rings (SSSR count). The van der Waals surface area contributed by atoms with Crippen LogP contribution >= 0.6 is 12.4 Å². The van der Waals surface area contributed by atoms with Gasteiger partial charge in [0.15, 0.2) is 0 Å². The Morgan fingerprint density at radius 1 is 1.50 bits per heavy atom. The summed E-state index contributed by atoms with van der Waals surface area (Å²) in [5.41, 5.74) is 5.45. The molecule has 5 nitrogen and oxygen atoms in total. The van der Waals surface area contributed by atoms with E-state index < -0.39 is 12.0 Å². The van der Waals surface area contributed by atoms with Gasteiger partial charge in [0.25, 0.3) is 0 Å². The van der Waals surface area contributed by atoms with E-state index in [0.717, 1.165) is 0 Å². The molecule has 0 aliphatic heterocycles. The summed E-state index contributed by atoms with van der Waals surface area (Å²) in [4.78, 5) is 21.7. The minimum Gasteiger partial charge on any atom is -0.465 e. The van der Waals surface area contributed by atoms with Crippen molar-refractivity contribution in [2.24, 2.45) is 5.73 Å². The SMILES string of the molecule is CCOC(=O)[C@@H](N)CCC(=O)NC.Cl. The Labute approximate surface area is 89.8 Å². The molecule has 0 aromatic rings. The summed E-state index contributed by atoms with van der Waals surface area (Å²) >= 11 is 0. The van der Waals surface area contributed by atoms with Crippen molar-refractivity contribution in [2.75, 3.05) is 13.7 Å². The van der Waals surface area contributed by atoms with Gasteiger partial charge in [0.05, 0.1) is 6.61 Å². The van der Waals surface area contributed by atoms with Gasteiger partial charge in [-0.15, -0.1) is 12.4 Å². The molecule has 0 aromatic heterocycles. The second-order valence-electron chi connectivity index (χ2n) is 2.57. The number of carbonyl (C=O) groups is 2. The number of amides is 1. The van der Waals surface area contributed by atoms with Gasteiger partial charge in [0.1, 0.15) is 6.04 Å². The minimum absolute atomic E-state index is 0. The molecular weight excluding hydrogens is 208 g/mol. The number of ether oxygens (including phenoxy) is 1. The third kappa shape index (κ3) is 6.68. The molecule has 0 bridgehead atoms. The van der Waals surface area contributed by atoms with E-state index in [0.29, 0.717) is 13.0 Å².